The fourth-order valence-corrected chi connectivity index (χ4v) is 3.27. The Balaban J connectivity index is 1.65. The Labute approximate surface area is 126 Å². The summed E-state index contributed by atoms with van der Waals surface area (Å²) in [5, 5.41) is 12.0. The number of thioether (sulfide) groups is 1. The average Bonchev–Trinajstić information content (AvgIpc) is 3.13. The van der Waals surface area contributed by atoms with E-state index < -0.39 is 0 Å². The van der Waals surface area contributed by atoms with Crippen molar-refractivity contribution in [1.82, 2.24) is 20.2 Å². The van der Waals surface area contributed by atoms with Crippen LogP contribution in [0.5, 0.6) is 0 Å². The van der Waals surface area contributed by atoms with Crippen LogP contribution in [0.3, 0.4) is 0 Å². The second-order valence-electron chi connectivity index (χ2n) is 4.94. The van der Waals surface area contributed by atoms with Crippen LogP contribution >= 0.6 is 11.8 Å². The van der Waals surface area contributed by atoms with Crippen LogP contribution in [0.1, 0.15) is 23.1 Å². The quantitative estimate of drug-likeness (QED) is 0.617. The van der Waals surface area contributed by atoms with Gasteiger partial charge in [0.05, 0.1) is 7.11 Å². The lowest BCUT2D eigenvalue weighted by molar-refractivity contribution is -0.141. The molecule has 110 valence electrons. The highest BCUT2D eigenvalue weighted by atomic mass is 32.2. The Bertz CT molecular complexity index is 656. The highest BCUT2D eigenvalue weighted by Gasteiger charge is 2.13. The predicted octanol–water partition coefficient (Wildman–Crippen LogP) is 1.63. The number of esters is 1. The third kappa shape index (κ3) is 3.24. The maximum absolute atomic E-state index is 11.3. The lowest BCUT2D eigenvalue weighted by Crippen LogP contribution is -2.13. The molecule has 1 aliphatic carbocycles. The highest BCUT2D eigenvalue weighted by molar-refractivity contribution is 7.98. The van der Waals surface area contributed by atoms with Crippen LogP contribution in [0.25, 0.3) is 0 Å². The van der Waals surface area contributed by atoms with Gasteiger partial charge in [-0.3, -0.25) is 4.79 Å². The third-order valence-electron chi connectivity index (χ3n) is 3.54. The molecule has 2 aromatic rings. The lowest BCUT2D eigenvalue weighted by atomic mass is 10.1. The van der Waals surface area contributed by atoms with Gasteiger partial charge in [0.2, 0.25) is 5.16 Å². The van der Waals surface area contributed by atoms with E-state index in [1.807, 2.05) is 0 Å². The van der Waals surface area contributed by atoms with Crippen LogP contribution < -0.4 is 0 Å². The number of aromatic nitrogens is 4. The number of hydrogen-bond donors (Lipinski definition) is 0. The first-order valence-electron chi connectivity index (χ1n) is 6.82. The first-order chi connectivity index (χ1) is 10.3. The summed E-state index contributed by atoms with van der Waals surface area (Å²) in [6.07, 6.45) is 3.62. The van der Waals surface area contributed by atoms with Crippen molar-refractivity contribution in [1.29, 1.82) is 0 Å². The Morgan fingerprint density at radius 3 is 3.10 bits per heavy atom. The molecule has 0 unspecified atom stereocenters. The highest BCUT2D eigenvalue weighted by Crippen LogP contribution is 2.26. The molecule has 0 bridgehead atoms. The van der Waals surface area contributed by atoms with Crippen LogP contribution in [0.2, 0.25) is 0 Å². The number of benzene rings is 1. The van der Waals surface area contributed by atoms with E-state index in [0.717, 1.165) is 5.75 Å². The number of rotatable bonds is 5. The van der Waals surface area contributed by atoms with Crippen molar-refractivity contribution in [3.05, 3.63) is 34.9 Å². The molecule has 1 heterocycles. The van der Waals surface area contributed by atoms with Crippen molar-refractivity contribution >= 4 is 17.7 Å². The fraction of sp³-hybridized carbons (Fsp3) is 0.429. The molecule has 6 nitrogen and oxygen atoms in total. The van der Waals surface area contributed by atoms with Gasteiger partial charge in [-0.15, -0.1) is 5.10 Å². The molecule has 0 spiro atoms. The van der Waals surface area contributed by atoms with Crippen LogP contribution in [-0.4, -0.2) is 33.3 Å². The zero-order valence-corrected chi connectivity index (χ0v) is 12.6. The van der Waals surface area contributed by atoms with E-state index in [9.17, 15) is 4.79 Å². The van der Waals surface area contributed by atoms with Gasteiger partial charge in [0.25, 0.3) is 0 Å². The standard InChI is InChI=1S/C14H16N4O2S/c1-20-13(19)8-18-14(15-16-17-18)21-9-10-5-6-11-3-2-4-12(11)7-10/h5-7H,2-4,8-9H2,1H3. The second kappa shape index (κ2) is 6.26. The minimum Gasteiger partial charge on any atom is -0.468 e. The van der Waals surface area contributed by atoms with Gasteiger partial charge in [-0.05, 0) is 46.4 Å². The number of ether oxygens (including phenoxy) is 1. The maximum Gasteiger partial charge on any atom is 0.327 e. The van der Waals surface area contributed by atoms with E-state index in [4.69, 9.17) is 0 Å². The number of hydrogen-bond acceptors (Lipinski definition) is 6. The monoisotopic (exact) mass is 304 g/mol. The normalized spacial score (nSPS) is 13.2. The molecule has 0 fully saturated rings. The molecule has 0 saturated carbocycles. The van der Waals surface area contributed by atoms with Crippen molar-refractivity contribution in [2.24, 2.45) is 0 Å². The van der Waals surface area contributed by atoms with Crippen LogP contribution in [0.4, 0.5) is 0 Å². The Hall–Kier alpha value is -1.89. The lowest BCUT2D eigenvalue weighted by Gasteiger charge is -2.05. The Morgan fingerprint density at radius 2 is 2.24 bits per heavy atom. The van der Waals surface area contributed by atoms with Crippen LogP contribution in [-0.2, 0) is 34.7 Å². The number of carbonyl (C=O) groups is 1. The van der Waals surface area contributed by atoms with Crippen LogP contribution in [0, 0.1) is 0 Å². The van der Waals surface area contributed by atoms with Gasteiger partial charge >= 0.3 is 5.97 Å². The maximum atomic E-state index is 11.3. The van der Waals surface area contributed by atoms with E-state index in [-0.39, 0.29) is 12.5 Å². The van der Waals surface area contributed by atoms with Crippen LogP contribution in [0.15, 0.2) is 23.4 Å². The predicted molar refractivity (Wildman–Crippen MR) is 77.9 cm³/mol. The molecule has 0 saturated heterocycles. The minimum absolute atomic E-state index is 0.0377. The van der Waals surface area contributed by atoms with Crippen molar-refractivity contribution < 1.29 is 9.53 Å². The minimum atomic E-state index is -0.360. The van der Waals surface area contributed by atoms with E-state index in [1.165, 1.54) is 59.5 Å². The third-order valence-corrected chi connectivity index (χ3v) is 4.56. The number of aryl methyl sites for hydroxylation is 2. The molecule has 1 aliphatic rings. The van der Waals surface area contributed by atoms with Gasteiger partial charge in [-0.1, -0.05) is 30.0 Å². The summed E-state index contributed by atoms with van der Waals surface area (Å²) in [5.74, 6) is 0.427. The zero-order valence-electron chi connectivity index (χ0n) is 11.8. The number of fused-ring (bicyclic) bond motifs is 1. The molecular weight excluding hydrogens is 288 g/mol. The van der Waals surface area contributed by atoms with E-state index >= 15 is 0 Å². The molecule has 0 amide bonds. The molecule has 21 heavy (non-hydrogen) atoms. The number of methoxy groups -OCH3 is 1. The van der Waals surface area contributed by atoms with Gasteiger partial charge in [-0.2, -0.15) is 0 Å². The van der Waals surface area contributed by atoms with Crippen molar-refractivity contribution in [3.8, 4) is 0 Å². The van der Waals surface area contributed by atoms with Gasteiger partial charge in [0.15, 0.2) is 0 Å². The summed E-state index contributed by atoms with van der Waals surface area (Å²) >= 11 is 1.52. The summed E-state index contributed by atoms with van der Waals surface area (Å²) in [6.45, 7) is 0.0377. The summed E-state index contributed by atoms with van der Waals surface area (Å²) < 4.78 is 6.09. The number of nitrogens with zero attached hydrogens (tertiary/aromatic N) is 4. The van der Waals surface area contributed by atoms with Crippen molar-refractivity contribution in [3.63, 3.8) is 0 Å². The second-order valence-corrected chi connectivity index (χ2v) is 5.88. The van der Waals surface area contributed by atoms with E-state index in [0.29, 0.717) is 5.16 Å². The molecule has 3 rings (SSSR count). The smallest absolute Gasteiger partial charge is 0.327 e. The molecule has 0 N–H and O–H groups in total. The molecule has 0 aliphatic heterocycles. The molecule has 0 atom stereocenters. The average molecular weight is 304 g/mol. The summed E-state index contributed by atoms with van der Waals surface area (Å²) in [7, 11) is 1.35. The Morgan fingerprint density at radius 1 is 1.38 bits per heavy atom. The fourth-order valence-electron chi connectivity index (χ4n) is 2.45. The molecule has 1 aromatic carbocycles. The topological polar surface area (TPSA) is 69.9 Å². The van der Waals surface area contributed by atoms with Gasteiger partial charge in [0, 0.05) is 5.75 Å². The SMILES string of the molecule is COC(=O)Cn1nnnc1SCc1ccc2c(c1)CCC2. The van der Waals surface area contributed by atoms with Gasteiger partial charge in [-0.25, -0.2) is 4.68 Å². The first kappa shape index (κ1) is 14.1. The first-order valence-corrected chi connectivity index (χ1v) is 7.81. The largest absolute Gasteiger partial charge is 0.468 e. The van der Waals surface area contributed by atoms with Crippen molar-refractivity contribution in [2.75, 3.05) is 7.11 Å². The number of carbonyl (C=O) groups excluding carboxylic acids is 1. The Kier molecular flexibility index (Phi) is 4.19. The molecule has 0 radical (unpaired) electrons. The molecule has 7 heteroatoms. The zero-order chi connectivity index (χ0) is 14.7. The van der Waals surface area contributed by atoms with Gasteiger partial charge in [0.1, 0.15) is 6.54 Å². The molecular formula is C14H16N4O2S. The molecule has 1 aromatic heterocycles. The van der Waals surface area contributed by atoms with E-state index in [1.54, 1.807) is 0 Å². The van der Waals surface area contributed by atoms with E-state index in [2.05, 4.69) is 38.5 Å². The van der Waals surface area contributed by atoms with Gasteiger partial charge < -0.3 is 4.74 Å². The summed E-state index contributed by atoms with van der Waals surface area (Å²) in [4.78, 5) is 11.3. The summed E-state index contributed by atoms with van der Waals surface area (Å²) in [6, 6.07) is 6.64. The van der Waals surface area contributed by atoms with Crippen molar-refractivity contribution in [2.45, 2.75) is 36.7 Å². The number of tetrazole rings is 1. The summed E-state index contributed by atoms with van der Waals surface area (Å²) in [5.41, 5.74) is 4.19.